The summed E-state index contributed by atoms with van der Waals surface area (Å²) in [6.07, 6.45) is 1.65. The molecule has 4 heteroatoms. The first kappa shape index (κ1) is 9.98. The van der Waals surface area contributed by atoms with Gasteiger partial charge in [-0.05, 0) is 17.7 Å². The maximum atomic E-state index is 10.7. The molecule has 0 saturated heterocycles. The summed E-state index contributed by atoms with van der Waals surface area (Å²) in [5, 5.41) is 0. The standard InChI is InChI=1S/C10H9NO3/c1-2-7-3-5-8(6-4-7)14-10(13)9(11)12/h2-6H,1H2,(H2,11,12). The van der Waals surface area contributed by atoms with Crippen molar-refractivity contribution in [1.29, 1.82) is 0 Å². The molecule has 0 bridgehead atoms. The molecule has 1 aromatic rings. The number of esters is 1. The first-order valence-electron chi connectivity index (χ1n) is 3.87. The largest absolute Gasteiger partial charge is 0.419 e. The number of amides is 1. The first-order chi connectivity index (χ1) is 6.63. The van der Waals surface area contributed by atoms with Crippen LogP contribution in [-0.2, 0) is 9.59 Å². The summed E-state index contributed by atoms with van der Waals surface area (Å²) in [5.74, 6) is -1.91. The van der Waals surface area contributed by atoms with E-state index in [9.17, 15) is 9.59 Å². The van der Waals surface area contributed by atoms with Crippen molar-refractivity contribution in [3.05, 3.63) is 36.4 Å². The molecule has 0 saturated carbocycles. The molecule has 0 unspecified atom stereocenters. The lowest BCUT2D eigenvalue weighted by molar-refractivity contribution is -0.146. The Kier molecular flexibility index (Phi) is 3.01. The summed E-state index contributed by atoms with van der Waals surface area (Å²) in [6.45, 7) is 3.57. The molecule has 0 aliphatic carbocycles. The van der Waals surface area contributed by atoms with Gasteiger partial charge in [-0.15, -0.1) is 0 Å². The number of benzene rings is 1. The van der Waals surface area contributed by atoms with Crippen molar-refractivity contribution in [3.8, 4) is 5.75 Å². The smallest absolute Gasteiger partial charge is 0.401 e. The topological polar surface area (TPSA) is 69.4 Å². The number of hydrogen-bond acceptors (Lipinski definition) is 3. The molecule has 0 aliphatic rings. The van der Waals surface area contributed by atoms with Crippen LogP contribution in [0.2, 0.25) is 0 Å². The van der Waals surface area contributed by atoms with Crippen LogP contribution in [0.4, 0.5) is 0 Å². The summed E-state index contributed by atoms with van der Waals surface area (Å²) in [6, 6.07) is 6.52. The van der Waals surface area contributed by atoms with Crippen LogP contribution in [0, 0.1) is 0 Å². The Hall–Kier alpha value is -2.10. The van der Waals surface area contributed by atoms with Crippen LogP contribution in [0.3, 0.4) is 0 Å². The minimum absolute atomic E-state index is 0.277. The van der Waals surface area contributed by atoms with Crippen LogP contribution in [0.25, 0.3) is 6.08 Å². The van der Waals surface area contributed by atoms with Gasteiger partial charge in [0.1, 0.15) is 5.75 Å². The highest BCUT2D eigenvalue weighted by molar-refractivity contribution is 6.32. The monoisotopic (exact) mass is 191 g/mol. The molecule has 0 aliphatic heterocycles. The summed E-state index contributed by atoms with van der Waals surface area (Å²) >= 11 is 0. The number of ether oxygens (including phenoxy) is 1. The van der Waals surface area contributed by atoms with Gasteiger partial charge in [-0.3, -0.25) is 4.79 Å². The molecule has 0 heterocycles. The van der Waals surface area contributed by atoms with Crippen molar-refractivity contribution in [1.82, 2.24) is 0 Å². The van der Waals surface area contributed by atoms with Gasteiger partial charge in [0.15, 0.2) is 0 Å². The van der Waals surface area contributed by atoms with E-state index < -0.39 is 11.9 Å². The molecule has 1 rings (SSSR count). The van der Waals surface area contributed by atoms with Gasteiger partial charge in [0.25, 0.3) is 0 Å². The summed E-state index contributed by atoms with van der Waals surface area (Å²) < 4.78 is 4.63. The molecule has 72 valence electrons. The zero-order valence-corrected chi connectivity index (χ0v) is 7.40. The van der Waals surface area contributed by atoms with Crippen molar-refractivity contribution in [3.63, 3.8) is 0 Å². The molecule has 0 atom stereocenters. The van der Waals surface area contributed by atoms with E-state index in [2.05, 4.69) is 11.3 Å². The molecule has 0 fully saturated rings. The van der Waals surface area contributed by atoms with Crippen molar-refractivity contribution >= 4 is 18.0 Å². The Morgan fingerprint density at radius 1 is 1.29 bits per heavy atom. The van der Waals surface area contributed by atoms with Gasteiger partial charge in [0.05, 0.1) is 0 Å². The number of carbonyl (C=O) groups is 2. The maximum Gasteiger partial charge on any atom is 0.401 e. The molecular weight excluding hydrogens is 182 g/mol. The third-order valence-electron chi connectivity index (χ3n) is 1.53. The minimum atomic E-state index is -1.11. The quantitative estimate of drug-likeness (QED) is 0.425. The second-order valence-corrected chi connectivity index (χ2v) is 2.53. The summed E-state index contributed by atoms with van der Waals surface area (Å²) in [5.41, 5.74) is 5.60. The molecule has 2 N–H and O–H groups in total. The van der Waals surface area contributed by atoms with Crippen LogP contribution in [0.1, 0.15) is 5.56 Å². The normalized spacial score (nSPS) is 9.14. The lowest BCUT2D eigenvalue weighted by Gasteiger charge is -2.01. The summed E-state index contributed by atoms with van der Waals surface area (Å²) in [7, 11) is 0. The fourth-order valence-corrected chi connectivity index (χ4v) is 0.829. The van der Waals surface area contributed by atoms with E-state index in [1.807, 2.05) is 0 Å². The number of primary amides is 1. The van der Waals surface area contributed by atoms with Crippen LogP contribution in [-0.4, -0.2) is 11.9 Å². The molecule has 0 radical (unpaired) electrons. The third kappa shape index (κ3) is 2.45. The van der Waals surface area contributed by atoms with Gasteiger partial charge in [0, 0.05) is 0 Å². The van der Waals surface area contributed by atoms with Crippen molar-refractivity contribution in [2.75, 3.05) is 0 Å². The Balaban J connectivity index is 2.73. The number of carbonyl (C=O) groups excluding carboxylic acids is 2. The predicted molar refractivity (Wildman–Crippen MR) is 51.4 cm³/mol. The van der Waals surface area contributed by atoms with Gasteiger partial charge in [0.2, 0.25) is 0 Å². The van der Waals surface area contributed by atoms with Crippen molar-refractivity contribution in [2.45, 2.75) is 0 Å². The van der Waals surface area contributed by atoms with Gasteiger partial charge in [-0.2, -0.15) is 0 Å². The number of rotatable bonds is 2. The number of hydrogen-bond donors (Lipinski definition) is 1. The first-order valence-corrected chi connectivity index (χ1v) is 3.87. The predicted octanol–water partition coefficient (Wildman–Crippen LogP) is 0.720. The molecule has 4 nitrogen and oxygen atoms in total. The van der Waals surface area contributed by atoms with Crippen molar-refractivity contribution < 1.29 is 14.3 Å². The van der Waals surface area contributed by atoms with Gasteiger partial charge in [-0.25, -0.2) is 4.79 Å². The molecule has 0 aromatic heterocycles. The molecule has 1 amide bonds. The highest BCUT2D eigenvalue weighted by atomic mass is 16.5. The third-order valence-corrected chi connectivity index (χ3v) is 1.53. The zero-order valence-electron chi connectivity index (χ0n) is 7.40. The number of nitrogens with two attached hydrogens (primary N) is 1. The minimum Gasteiger partial charge on any atom is -0.419 e. The average molecular weight is 191 g/mol. The fourth-order valence-electron chi connectivity index (χ4n) is 0.829. The van der Waals surface area contributed by atoms with Gasteiger partial charge >= 0.3 is 11.9 Å². The van der Waals surface area contributed by atoms with Crippen LogP contribution < -0.4 is 10.5 Å². The molecule has 1 aromatic carbocycles. The van der Waals surface area contributed by atoms with Crippen molar-refractivity contribution in [2.24, 2.45) is 5.73 Å². The highest BCUT2D eigenvalue weighted by Crippen LogP contribution is 2.12. The van der Waals surface area contributed by atoms with Gasteiger partial charge in [-0.1, -0.05) is 24.8 Å². The Morgan fingerprint density at radius 3 is 2.29 bits per heavy atom. The maximum absolute atomic E-state index is 10.7. The van der Waals surface area contributed by atoms with E-state index >= 15 is 0 Å². The Labute approximate surface area is 81.0 Å². The van der Waals surface area contributed by atoms with E-state index in [-0.39, 0.29) is 5.75 Å². The lowest BCUT2D eigenvalue weighted by atomic mass is 10.2. The molecule has 14 heavy (non-hydrogen) atoms. The molecular formula is C10H9NO3. The van der Waals surface area contributed by atoms with Crippen LogP contribution in [0.5, 0.6) is 5.75 Å². The van der Waals surface area contributed by atoms with E-state index in [0.717, 1.165) is 5.56 Å². The van der Waals surface area contributed by atoms with E-state index in [0.29, 0.717) is 0 Å². The fraction of sp³-hybridized carbons (Fsp3) is 0. The zero-order chi connectivity index (χ0) is 10.6. The van der Waals surface area contributed by atoms with Crippen LogP contribution >= 0.6 is 0 Å². The van der Waals surface area contributed by atoms with Crippen LogP contribution in [0.15, 0.2) is 30.8 Å². The Morgan fingerprint density at radius 2 is 1.86 bits per heavy atom. The second-order valence-electron chi connectivity index (χ2n) is 2.53. The van der Waals surface area contributed by atoms with Gasteiger partial charge < -0.3 is 10.5 Å². The summed E-state index contributed by atoms with van der Waals surface area (Å²) in [4.78, 5) is 21.1. The second kappa shape index (κ2) is 4.23. The van der Waals surface area contributed by atoms with E-state index in [1.54, 1.807) is 30.3 Å². The lowest BCUT2D eigenvalue weighted by Crippen LogP contribution is -2.27. The Bertz CT molecular complexity index is 367. The van der Waals surface area contributed by atoms with E-state index in [1.165, 1.54) is 0 Å². The van der Waals surface area contributed by atoms with E-state index in [4.69, 9.17) is 5.73 Å². The SMILES string of the molecule is C=Cc1ccc(OC(=O)C(N)=O)cc1. The highest BCUT2D eigenvalue weighted by Gasteiger charge is 2.10. The molecule has 0 spiro atoms. The average Bonchev–Trinajstić information content (AvgIpc) is 2.19.